The number of hydrogen-bond acceptors (Lipinski definition) is 7. The van der Waals surface area contributed by atoms with Crippen molar-refractivity contribution in [1.29, 1.82) is 0 Å². The molecule has 1 aromatic heterocycles. The lowest BCUT2D eigenvalue weighted by molar-refractivity contribution is 0.0322. The number of rotatable bonds is 21. The van der Waals surface area contributed by atoms with E-state index < -0.39 is 0 Å². The van der Waals surface area contributed by atoms with Crippen LogP contribution in [0.2, 0.25) is 0 Å². The first-order valence-electron chi connectivity index (χ1n) is 13.1. The smallest absolute Gasteiger partial charge is 0.176 e. The minimum atomic E-state index is -0.0362. The highest BCUT2D eigenvalue weighted by Crippen LogP contribution is 2.50. The zero-order valence-corrected chi connectivity index (χ0v) is 23.7. The van der Waals surface area contributed by atoms with Gasteiger partial charge in [0.25, 0.3) is 0 Å². The SMILES string of the molecule is CCCCOCCOCCOc1c(C(C)C)sc(C(C)(C)C)c1OCCOCCOCCCC. The first-order chi connectivity index (χ1) is 16.3. The van der Waals surface area contributed by atoms with E-state index in [-0.39, 0.29) is 5.41 Å². The number of hydrogen-bond donors (Lipinski definition) is 0. The zero-order valence-electron chi connectivity index (χ0n) is 22.8. The molecule has 0 unspecified atom stereocenters. The molecule has 0 amide bonds. The Hall–Kier alpha value is -0.860. The summed E-state index contributed by atoms with van der Waals surface area (Å²) in [6.45, 7) is 21.4. The third kappa shape index (κ3) is 12.7. The van der Waals surface area contributed by atoms with Crippen molar-refractivity contribution in [2.75, 3.05) is 66.1 Å². The van der Waals surface area contributed by atoms with Crippen LogP contribution in [0.3, 0.4) is 0 Å². The molecule has 0 aromatic carbocycles. The molecule has 0 bridgehead atoms. The molecular weight excluding hydrogens is 452 g/mol. The van der Waals surface area contributed by atoms with Crippen LogP contribution in [-0.4, -0.2) is 66.1 Å². The summed E-state index contributed by atoms with van der Waals surface area (Å²) in [5.41, 5.74) is -0.0362. The van der Waals surface area contributed by atoms with Gasteiger partial charge in [0.05, 0.1) is 49.4 Å². The second kappa shape index (κ2) is 18.4. The maximum atomic E-state index is 6.26. The lowest BCUT2D eigenvalue weighted by Gasteiger charge is -2.20. The van der Waals surface area contributed by atoms with E-state index >= 15 is 0 Å². The summed E-state index contributed by atoms with van der Waals surface area (Å²) >= 11 is 1.79. The molecule has 0 fully saturated rings. The summed E-state index contributed by atoms with van der Waals surface area (Å²) < 4.78 is 35.0. The highest BCUT2D eigenvalue weighted by molar-refractivity contribution is 7.13. The Labute approximate surface area is 212 Å². The van der Waals surface area contributed by atoms with Gasteiger partial charge in [-0.05, 0) is 18.8 Å². The fraction of sp³-hybridized carbons (Fsp3) is 0.852. The number of ether oxygens (including phenoxy) is 6. The van der Waals surface area contributed by atoms with Gasteiger partial charge in [0, 0.05) is 18.6 Å². The molecular formula is C27H50O6S. The van der Waals surface area contributed by atoms with Crippen LogP contribution in [0.5, 0.6) is 11.5 Å². The van der Waals surface area contributed by atoms with E-state index in [1.165, 1.54) is 9.75 Å². The van der Waals surface area contributed by atoms with Crippen molar-refractivity contribution >= 4 is 11.3 Å². The molecule has 6 nitrogen and oxygen atoms in total. The van der Waals surface area contributed by atoms with E-state index in [1.54, 1.807) is 11.3 Å². The molecule has 0 spiro atoms. The Morgan fingerprint density at radius 2 is 1.03 bits per heavy atom. The van der Waals surface area contributed by atoms with E-state index in [0.717, 1.165) is 50.4 Å². The third-order valence-electron chi connectivity index (χ3n) is 5.03. The van der Waals surface area contributed by atoms with Gasteiger partial charge in [0.15, 0.2) is 11.5 Å². The maximum absolute atomic E-state index is 6.26. The fourth-order valence-electron chi connectivity index (χ4n) is 3.10. The molecule has 0 saturated heterocycles. The Morgan fingerprint density at radius 1 is 0.618 bits per heavy atom. The minimum absolute atomic E-state index is 0.0362. The van der Waals surface area contributed by atoms with Gasteiger partial charge in [-0.15, -0.1) is 11.3 Å². The predicted molar refractivity (Wildman–Crippen MR) is 141 cm³/mol. The van der Waals surface area contributed by atoms with Crippen molar-refractivity contribution in [2.24, 2.45) is 0 Å². The minimum Gasteiger partial charge on any atom is -0.486 e. The topological polar surface area (TPSA) is 55.4 Å². The van der Waals surface area contributed by atoms with Gasteiger partial charge in [0.1, 0.15) is 13.2 Å². The van der Waals surface area contributed by atoms with Crippen LogP contribution in [-0.2, 0) is 24.4 Å². The lowest BCUT2D eigenvalue weighted by atomic mass is 9.94. The van der Waals surface area contributed by atoms with Gasteiger partial charge in [-0.2, -0.15) is 0 Å². The van der Waals surface area contributed by atoms with Gasteiger partial charge in [0.2, 0.25) is 0 Å². The summed E-state index contributed by atoms with van der Waals surface area (Å²) in [6.07, 6.45) is 4.48. The standard InChI is InChI=1S/C27H50O6S/c1-8-10-12-28-14-16-30-18-20-32-23-24(26(27(5,6)7)34-25(23)22(3)4)33-21-19-31-17-15-29-13-11-9-2/h22H,8-21H2,1-7H3. The fourth-order valence-corrected chi connectivity index (χ4v) is 4.35. The van der Waals surface area contributed by atoms with Gasteiger partial charge >= 0.3 is 0 Å². The Balaban J connectivity index is 2.60. The second-order valence-electron chi connectivity index (χ2n) is 9.71. The molecule has 0 atom stereocenters. The van der Waals surface area contributed by atoms with Crippen molar-refractivity contribution in [3.8, 4) is 11.5 Å². The van der Waals surface area contributed by atoms with E-state index in [0.29, 0.717) is 58.8 Å². The molecule has 1 heterocycles. The predicted octanol–water partition coefficient (Wildman–Crippen LogP) is 6.59. The summed E-state index contributed by atoms with van der Waals surface area (Å²) in [5, 5.41) is 0. The van der Waals surface area contributed by atoms with Crippen LogP contribution in [0.25, 0.3) is 0 Å². The average Bonchev–Trinajstić information content (AvgIpc) is 3.16. The highest BCUT2D eigenvalue weighted by Gasteiger charge is 2.30. The number of unbranched alkanes of at least 4 members (excludes halogenated alkanes) is 2. The summed E-state index contributed by atoms with van der Waals surface area (Å²) in [4.78, 5) is 2.42. The van der Waals surface area contributed by atoms with Crippen LogP contribution in [0.1, 0.15) is 89.8 Å². The van der Waals surface area contributed by atoms with Crippen LogP contribution < -0.4 is 9.47 Å². The summed E-state index contributed by atoms with van der Waals surface area (Å²) in [7, 11) is 0. The van der Waals surface area contributed by atoms with E-state index in [1.807, 2.05) is 0 Å². The van der Waals surface area contributed by atoms with E-state index in [9.17, 15) is 0 Å². The van der Waals surface area contributed by atoms with Crippen LogP contribution in [0.4, 0.5) is 0 Å². The van der Waals surface area contributed by atoms with Crippen molar-refractivity contribution in [2.45, 2.75) is 85.5 Å². The Bertz CT molecular complexity index is 623. The van der Waals surface area contributed by atoms with Gasteiger partial charge in [-0.3, -0.25) is 0 Å². The molecule has 0 aliphatic heterocycles. The summed E-state index contributed by atoms with van der Waals surface area (Å²) in [5.74, 6) is 2.06. The van der Waals surface area contributed by atoms with Crippen LogP contribution in [0.15, 0.2) is 0 Å². The first-order valence-corrected chi connectivity index (χ1v) is 13.9. The molecule has 1 rings (SSSR count). The molecule has 1 aromatic rings. The average molecular weight is 503 g/mol. The normalized spacial score (nSPS) is 12.0. The van der Waals surface area contributed by atoms with Crippen molar-refractivity contribution in [3.63, 3.8) is 0 Å². The highest BCUT2D eigenvalue weighted by atomic mass is 32.1. The molecule has 200 valence electrons. The van der Waals surface area contributed by atoms with Gasteiger partial charge in [-0.1, -0.05) is 61.3 Å². The number of thiophene rings is 1. The largest absolute Gasteiger partial charge is 0.486 e. The second-order valence-corrected chi connectivity index (χ2v) is 10.8. The maximum Gasteiger partial charge on any atom is 0.176 e. The molecule has 0 aliphatic carbocycles. The molecule has 0 saturated carbocycles. The van der Waals surface area contributed by atoms with Gasteiger partial charge < -0.3 is 28.4 Å². The lowest BCUT2D eigenvalue weighted by Crippen LogP contribution is -2.15. The third-order valence-corrected chi connectivity index (χ3v) is 6.91. The Morgan fingerprint density at radius 3 is 1.44 bits per heavy atom. The van der Waals surface area contributed by atoms with Gasteiger partial charge in [-0.25, -0.2) is 0 Å². The molecule has 0 radical (unpaired) electrons. The molecule has 7 heteroatoms. The summed E-state index contributed by atoms with van der Waals surface area (Å²) in [6, 6.07) is 0. The van der Waals surface area contributed by atoms with Crippen LogP contribution >= 0.6 is 11.3 Å². The molecule has 0 aliphatic rings. The Kier molecular flexibility index (Phi) is 16.9. The van der Waals surface area contributed by atoms with E-state index in [2.05, 4.69) is 48.5 Å². The van der Waals surface area contributed by atoms with Crippen molar-refractivity contribution in [3.05, 3.63) is 9.75 Å². The monoisotopic (exact) mass is 502 g/mol. The van der Waals surface area contributed by atoms with Crippen LogP contribution in [0, 0.1) is 0 Å². The zero-order chi connectivity index (χ0) is 25.2. The van der Waals surface area contributed by atoms with E-state index in [4.69, 9.17) is 28.4 Å². The quantitative estimate of drug-likeness (QED) is 0.177. The molecule has 34 heavy (non-hydrogen) atoms. The molecule has 0 N–H and O–H groups in total. The first kappa shape index (κ1) is 31.2. The van der Waals surface area contributed by atoms with Crippen molar-refractivity contribution < 1.29 is 28.4 Å². The van der Waals surface area contributed by atoms with Crippen molar-refractivity contribution in [1.82, 2.24) is 0 Å².